The van der Waals surface area contributed by atoms with Gasteiger partial charge in [0.05, 0.1) is 19.5 Å². The number of hydrogen-bond acceptors (Lipinski definition) is 5. The summed E-state index contributed by atoms with van der Waals surface area (Å²) in [4.78, 5) is 23.7. The highest BCUT2D eigenvalue weighted by Crippen LogP contribution is 2.14. The zero-order valence-electron chi connectivity index (χ0n) is 12.9. The third kappa shape index (κ3) is 6.02. The average molecular weight is 296 g/mol. The maximum absolute atomic E-state index is 11.9. The van der Waals surface area contributed by atoms with E-state index in [9.17, 15) is 9.59 Å². The zero-order valence-corrected chi connectivity index (χ0v) is 12.9. The maximum Gasteiger partial charge on any atom is 0.375 e. The van der Waals surface area contributed by atoms with Gasteiger partial charge in [0.25, 0.3) is 0 Å². The Morgan fingerprint density at radius 2 is 1.52 bits per heavy atom. The van der Waals surface area contributed by atoms with Crippen molar-refractivity contribution >= 4 is 11.9 Å². The van der Waals surface area contributed by atoms with Gasteiger partial charge >= 0.3 is 11.9 Å². The molecule has 0 atom stereocenters. The number of carbonyl (C=O) groups is 2. The molecule has 0 N–H and O–H groups in total. The summed E-state index contributed by atoms with van der Waals surface area (Å²) in [5, 5.41) is 0. The van der Waals surface area contributed by atoms with Crippen molar-refractivity contribution in [2.45, 2.75) is 52.4 Å². The lowest BCUT2D eigenvalue weighted by Crippen LogP contribution is -2.13. The summed E-state index contributed by atoms with van der Waals surface area (Å²) in [5.41, 5.74) is 0.131. The van der Waals surface area contributed by atoms with Gasteiger partial charge in [0.1, 0.15) is 5.56 Å². The van der Waals surface area contributed by atoms with Crippen molar-refractivity contribution in [3.63, 3.8) is 0 Å². The molecular formula is C16H24O5. The monoisotopic (exact) mass is 296 g/mol. The van der Waals surface area contributed by atoms with E-state index in [1.54, 1.807) is 0 Å². The highest BCUT2D eigenvalue weighted by atomic mass is 16.5. The molecule has 21 heavy (non-hydrogen) atoms. The van der Waals surface area contributed by atoms with E-state index in [0.29, 0.717) is 13.2 Å². The lowest BCUT2D eigenvalue weighted by molar-refractivity contribution is 0.0424. The van der Waals surface area contributed by atoms with Gasteiger partial charge in [0.15, 0.2) is 0 Å². The van der Waals surface area contributed by atoms with Crippen LogP contribution < -0.4 is 0 Å². The number of hydrogen-bond donors (Lipinski definition) is 0. The first kappa shape index (κ1) is 17.3. The van der Waals surface area contributed by atoms with Gasteiger partial charge in [-0.1, -0.05) is 39.5 Å². The molecule has 1 aromatic rings. The van der Waals surface area contributed by atoms with Crippen molar-refractivity contribution in [2.75, 3.05) is 13.2 Å². The second-order valence-electron chi connectivity index (χ2n) is 4.85. The minimum absolute atomic E-state index is 0.0769. The molecule has 0 amide bonds. The van der Waals surface area contributed by atoms with Crippen molar-refractivity contribution < 1.29 is 23.5 Å². The van der Waals surface area contributed by atoms with Crippen LogP contribution in [0.4, 0.5) is 0 Å². The molecular weight excluding hydrogens is 272 g/mol. The van der Waals surface area contributed by atoms with Crippen LogP contribution in [0.3, 0.4) is 0 Å². The Balaban J connectivity index is 2.47. The minimum Gasteiger partial charge on any atom is -0.462 e. The van der Waals surface area contributed by atoms with Crippen LogP contribution in [0.2, 0.25) is 0 Å². The molecule has 5 heteroatoms. The van der Waals surface area contributed by atoms with Crippen molar-refractivity contribution in [1.29, 1.82) is 0 Å². The SMILES string of the molecule is CCCCCOC(=O)c1ccoc1C(=O)OCCCCC. The molecule has 1 rings (SSSR count). The Hall–Kier alpha value is -1.78. The lowest BCUT2D eigenvalue weighted by Gasteiger charge is -2.05. The van der Waals surface area contributed by atoms with Crippen LogP contribution >= 0.6 is 0 Å². The van der Waals surface area contributed by atoms with Crippen molar-refractivity contribution in [3.8, 4) is 0 Å². The zero-order chi connectivity index (χ0) is 15.5. The number of ether oxygens (including phenoxy) is 2. The first-order chi connectivity index (χ1) is 10.2. The van der Waals surface area contributed by atoms with Gasteiger partial charge in [-0.3, -0.25) is 0 Å². The molecule has 5 nitrogen and oxygen atoms in total. The van der Waals surface area contributed by atoms with Crippen LogP contribution in [0.5, 0.6) is 0 Å². The summed E-state index contributed by atoms with van der Waals surface area (Å²) < 4.78 is 15.3. The molecule has 0 saturated carbocycles. The normalized spacial score (nSPS) is 10.4. The number of unbranched alkanes of at least 4 members (excludes halogenated alkanes) is 4. The predicted molar refractivity (Wildman–Crippen MR) is 78.3 cm³/mol. The fourth-order valence-electron chi connectivity index (χ4n) is 1.81. The summed E-state index contributed by atoms with van der Waals surface area (Å²) in [5.74, 6) is -1.23. The molecule has 0 saturated heterocycles. The quantitative estimate of drug-likeness (QED) is 0.482. The van der Waals surface area contributed by atoms with E-state index in [-0.39, 0.29) is 11.3 Å². The van der Waals surface area contributed by atoms with Gasteiger partial charge in [-0.05, 0) is 18.9 Å². The molecule has 0 fully saturated rings. The first-order valence-corrected chi connectivity index (χ1v) is 7.62. The second-order valence-corrected chi connectivity index (χ2v) is 4.85. The highest BCUT2D eigenvalue weighted by molar-refractivity contribution is 6.01. The Bertz CT molecular complexity index is 397. The maximum atomic E-state index is 11.9. The summed E-state index contributed by atoms with van der Waals surface area (Å²) in [6.07, 6.45) is 7.02. The first-order valence-electron chi connectivity index (χ1n) is 7.62. The fraction of sp³-hybridized carbons (Fsp3) is 0.625. The number of carbonyl (C=O) groups excluding carboxylic acids is 2. The van der Waals surface area contributed by atoms with Gasteiger partial charge in [-0.15, -0.1) is 0 Å². The standard InChI is InChI=1S/C16H24O5/c1-3-5-7-10-20-15(17)13-9-12-19-14(13)16(18)21-11-8-6-4-2/h9,12H,3-8,10-11H2,1-2H3. The van der Waals surface area contributed by atoms with Crippen LogP contribution in [-0.2, 0) is 9.47 Å². The van der Waals surface area contributed by atoms with Gasteiger partial charge in [-0.25, -0.2) is 9.59 Å². The molecule has 0 unspecified atom stereocenters. The van der Waals surface area contributed by atoms with E-state index >= 15 is 0 Å². The van der Waals surface area contributed by atoms with Gasteiger partial charge < -0.3 is 13.9 Å². The molecule has 0 spiro atoms. The molecule has 118 valence electrons. The van der Waals surface area contributed by atoms with Crippen LogP contribution in [0.25, 0.3) is 0 Å². The van der Waals surface area contributed by atoms with E-state index in [1.807, 2.05) is 0 Å². The van der Waals surface area contributed by atoms with Crippen molar-refractivity contribution in [2.24, 2.45) is 0 Å². The summed E-state index contributed by atoms with van der Waals surface area (Å²) in [6, 6.07) is 1.44. The number of furan rings is 1. The minimum atomic E-state index is -0.614. The Labute approximate surface area is 125 Å². The molecule has 0 aliphatic rings. The molecule has 0 aromatic carbocycles. The van der Waals surface area contributed by atoms with Crippen LogP contribution in [-0.4, -0.2) is 25.2 Å². The number of rotatable bonds is 10. The van der Waals surface area contributed by atoms with Crippen LogP contribution in [0, 0.1) is 0 Å². The third-order valence-electron chi connectivity index (χ3n) is 3.03. The smallest absolute Gasteiger partial charge is 0.375 e. The largest absolute Gasteiger partial charge is 0.462 e. The number of esters is 2. The predicted octanol–water partition coefficient (Wildman–Crippen LogP) is 3.97. The molecule has 1 heterocycles. The van der Waals surface area contributed by atoms with E-state index in [2.05, 4.69) is 13.8 Å². The van der Waals surface area contributed by atoms with Crippen LogP contribution in [0.1, 0.15) is 73.3 Å². The molecule has 0 bridgehead atoms. The molecule has 0 aliphatic heterocycles. The van der Waals surface area contributed by atoms with Crippen LogP contribution in [0.15, 0.2) is 16.7 Å². The molecule has 0 aliphatic carbocycles. The fourth-order valence-corrected chi connectivity index (χ4v) is 1.81. The topological polar surface area (TPSA) is 65.7 Å². The van der Waals surface area contributed by atoms with E-state index in [1.165, 1.54) is 12.3 Å². The van der Waals surface area contributed by atoms with Gasteiger partial charge in [0.2, 0.25) is 5.76 Å². The Kier molecular flexibility index (Phi) is 8.24. The summed E-state index contributed by atoms with van der Waals surface area (Å²) in [7, 11) is 0. The Morgan fingerprint density at radius 3 is 2.10 bits per heavy atom. The summed E-state index contributed by atoms with van der Waals surface area (Å²) >= 11 is 0. The van der Waals surface area contributed by atoms with Crippen molar-refractivity contribution in [1.82, 2.24) is 0 Å². The van der Waals surface area contributed by atoms with E-state index in [4.69, 9.17) is 13.9 Å². The second kappa shape index (κ2) is 10.0. The molecule has 0 radical (unpaired) electrons. The van der Waals surface area contributed by atoms with Crippen molar-refractivity contribution in [3.05, 3.63) is 23.7 Å². The highest BCUT2D eigenvalue weighted by Gasteiger charge is 2.23. The van der Waals surface area contributed by atoms with E-state index in [0.717, 1.165) is 38.5 Å². The lowest BCUT2D eigenvalue weighted by atomic mass is 10.2. The van der Waals surface area contributed by atoms with E-state index < -0.39 is 11.9 Å². The third-order valence-corrected chi connectivity index (χ3v) is 3.03. The molecule has 1 aromatic heterocycles. The summed E-state index contributed by atoms with van der Waals surface area (Å²) in [6.45, 7) is 4.83. The van der Waals surface area contributed by atoms with Gasteiger partial charge in [-0.2, -0.15) is 0 Å². The Morgan fingerprint density at radius 1 is 0.952 bits per heavy atom. The average Bonchev–Trinajstić information content (AvgIpc) is 2.97. The van der Waals surface area contributed by atoms with Gasteiger partial charge in [0, 0.05) is 0 Å².